The number of hydrogen-bond donors (Lipinski definition) is 1. The molecule has 1 unspecified atom stereocenters. The smallest absolute Gasteiger partial charge is 0.410 e. The number of aliphatic carboxylic acids is 1. The van der Waals surface area contributed by atoms with Crippen LogP contribution in [-0.4, -0.2) is 76.3 Å². The highest BCUT2D eigenvalue weighted by atomic mass is 32.2. The van der Waals surface area contributed by atoms with E-state index in [0.29, 0.717) is 13.1 Å². The lowest BCUT2D eigenvalue weighted by Crippen LogP contribution is -2.72. The Morgan fingerprint density at radius 1 is 1.39 bits per heavy atom. The lowest BCUT2D eigenvalue weighted by molar-refractivity contribution is -0.146. The van der Waals surface area contributed by atoms with Crippen LogP contribution in [0.3, 0.4) is 0 Å². The Labute approximate surface area is 143 Å². The Kier molecular flexibility index (Phi) is 6.77. The van der Waals surface area contributed by atoms with Gasteiger partial charge < -0.3 is 14.7 Å². The zero-order valence-electron chi connectivity index (χ0n) is 15.1. The number of likely N-dealkylation sites (N-methyl/N-ethyl adjacent to an activating group) is 1. The number of ether oxygens (including phenoxy) is 1. The van der Waals surface area contributed by atoms with Gasteiger partial charge in [0.1, 0.15) is 5.60 Å². The number of carbonyl (C=O) groups excluding carboxylic acids is 1. The summed E-state index contributed by atoms with van der Waals surface area (Å²) in [5.74, 6) is 0.197. The standard InChI is InChI=1S/C16H30N2O4S/c1-12(7-8-23-6)17(5)16(9-13(19)20)10-18(11-16)14(21)22-15(2,3)4/h12H,7-11H2,1-6H3,(H,19,20). The summed E-state index contributed by atoms with van der Waals surface area (Å²) >= 11 is 1.78. The van der Waals surface area contributed by atoms with E-state index in [1.165, 1.54) is 0 Å². The zero-order valence-corrected chi connectivity index (χ0v) is 15.9. The number of carbonyl (C=O) groups is 2. The normalized spacial score (nSPS) is 18.5. The van der Waals surface area contributed by atoms with Gasteiger partial charge in [-0.3, -0.25) is 9.69 Å². The summed E-state index contributed by atoms with van der Waals surface area (Å²) in [5.41, 5.74) is -1.04. The molecule has 1 saturated heterocycles. The highest BCUT2D eigenvalue weighted by Crippen LogP contribution is 2.33. The lowest BCUT2D eigenvalue weighted by Gasteiger charge is -2.55. The summed E-state index contributed by atoms with van der Waals surface area (Å²) in [7, 11) is 1.96. The van der Waals surface area contributed by atoms with Gasteiger partial charge in [0.25, 0.3) is 0 Å². The van der Waals surface area contributed by atoms with Crippen LogP contribution in [0, 0.1) is 0 Å². The van der Waals surface area contributed by atoms with E-state index in [2.05, 4.69) is 18.1 Å². The van der Waals surface area contributed by atoms with E-state index in [-0.39, 0.29) is 18.6 Å². The van der Waals surface area contributed by atoms with Crippen molar-refractivity contribution in [2.75, 3.05) is 32.1 Å². The molecule has 0 radical (unpaired) electrons. The lowest BCUT2D eigenvalue weighted by atomic mass is 9.83. The van der Waals surface area contributed by atoms with Crippen molar-refractivity contribution in [2.24, 2.45) is 0 Å². The largest absolute Gasteiger partial charge is 0.481 e. The van der Waals surface area contributed by atoms with E-state index >= 15 is 0 Å². The van der Waals surface area contributed by atoms with Gasteiger partial charge in [-0.2, -0.15) is 11.8 Å². The van der Waals surface area contributed by atoms with Crippen molar-refractivity contribution in [1.29, 1.82) is 0 Å². The van der Waals surface area contributed by atoms with E-state index in [9.17, 15) is 14.7 Å². The maximum Gasteiger partial charge on any atom is 0.410 e. The second-order valence-corrected chi connectivity index (χ2v) is 8.36. The Bertz CT molecular complexity index is 430. The average molecular weight is 346 g/mol. The first-order valence-electron chi connectivity index (χ1n) is 7.92. The number of carboxylic acid groups (broad SMARTS) is 1. The van der Waals surface area contributed by atoms with Gasteiger partial charge >= 0.3 is 12.1 Å². The fourth-order valence-electron chi connectivity index (χ4n) is 2.81. The van der Waals surface area contributed by atoms with E-state index in [0.717, 1.165) is 12.2 Å². The average Bonchev–Trinajstić information content (AvgIpc) is 2.36. The molecule has 1 atom stereocenters. The zero-order chi connectivity index (χ0) is 17.8. The van der Waals surface area contributed by atoms with Gasteiger partial charge in [0.15, 0.2) is 0 Å². The molecule has 1 aliphatic heterocycles. The molecule has 0 spiro atoms. The van der Waals surface area contributed by atoms with Crippen LogP contribution in [-0.2, 0) is 9.53 Å². The number of thioether (sulfide) groups is 1. The molecule has 0 bridgehead atoms. The minimum Gasteiger partial charge on any atom is -0.481 e. The molecule has 134 valence electrons. The first-order chi connectivity index (χ1) is 10.5. The predicted octanol–water partition coefficient (Wildman–Crippen LogP) is 2.52. The predicted molar refractivity (Wildman–Crippen MR) is 93.0 cm³/mol. The van der Waals surface area contributed by atoms with Crippen LogP contribution in [0.4, 0.5) is 4.79 Å². The summed E-state index contributed by atoms with van der Waals surface area (Å²) in [5, 5.41) is 9.27. The number of hydrogen-bond acceptors (Lipinski definition) is 5. The first kappa shape index (κ1) is 20.1. The van der Waals surface area contributed by atoms with Gasteiger partial charge in [0, 0.05) is 19.1 Å². The highest BCUT2D eigenvalue weighted by molar-refractivity contribution is 7.98. The molecule has 0 saturated carbocycles. The minimum atomic E-state index is -0.835. The van der Waals surface area contributed by atoms with Crippen molar-refractivity contribution in [1.82, 2.24) is 9.80 Å². The van der Waals surface area contributed by atoms with Crippen molar-refractivity contribution >= 4 is 23.8 Å². The van der Waals surface area contributed by atoms with Gasteiger partial charge in [-0.05, 0) is 53.2 Å². The fourth-order valence-corrected chi connectivity index (χ4v) is 3.39. The summed E-state index contributed by atoms with van der Waals surface area (Å²) in [6.45, 7) is 8.38. The quantitative estimate of drug-likeness (QED) is 0.764. The van der Waals surface area contributed by atoms with E-state index in [1.807, 2.05) is 27.8 Å². The Morgan fingerprint density at radius 2 is 1.96 bits per heavy atom. The first-order valence-corrected chi connectivity index (χ1v) is 9.32. The van der Waals surface area contributed by atoms with Gasteiger partial charge in [-0.25, -0.2) is 4.79 Å². The van der Waals surface area contributed by atoms with Crippen LogP contribution in [0.15, 0.2) is 0 Å². The minimum absolute atomic E-state index is 0.0341. The third-order valence-corrected chi connectivity index (χ3v) is 4.90. The molecule has 1 aliphatic rings. The van der Waals surface area contributed by atoms with Crippen molar-refractivity contribution in [3.8, 4) is 0 Å². The molecule has 1 amide bonds. The number of rotatable bonds is 7. The van der Waals surface area contributed by atoms with Crippen LogP contribution in [0.1, 0.15) is 40.5 Å². The maximum absolute atomic E-state index is 12.1. The van der Waals surface area contributed by atoms with Crippen molar-refractivity contribution in [2.45, 2.75) is 57.7 Å². The third kappa shape index (κ3) is 5.57. The number of carboxylic acids is 1. The van der Waals surface area contributed by atoms with Gasteiger partial charge in [0.2, 0.25) is 0 Å². The van der Waals surface area contributed by atoms with E-state index < -0.39 is 17.1 Å². The van der Waals surface area contributed by atoms with Crippen LogP contribution >= 0.6 is 11.8 Å². The summed E-state index contributed by atoms with van der Waals surface area (Å²) in [6, 6.07) is 0.266. The highest BCUT2D eigenvalue weighted by Gasteiger charge is 2.51. The van der Waals surface area contributed by atoms with Gasteiger partial charge in [0.05, 0.1) is 12.0 Å². The third-order valence-electron chi connectivity index (χ3n) is 4.25. The molecular weight excluding hydrogens is 316 g/mol. The summed E-state index contributed by atoms with van der Waals surface area (Å²) in [4.78, 5) is 27.1. The topological polar surface area (TPSA) is 70.1 Å². The summed E-state index contributed by atoms with van der Waals surface area (Å²) in [6.07, 6.45) is 2.72. The molecule has 1 rings (SSSR count). The Morgan fingerprint density at radius 3 is 2.39 bits per heavy atom. The molecule has 0 aromatic carbocycles. The Hall–Kier alpha value is -0.950. The van der Waals surface area contributed by atoms with Crippen molar-refractivity contribution < 1.29 is 19.4 Å². The van der Waals surface area contributed by atoms with Crippen LogP contribution in [0.5, 0.6) is 0 Å². The second kappa shape index (κ2) is 7.75. The molecule has 0 aliphatic carbocycles. The molecule has 1 heterocycles. The molecule has 1 N–H and O–H groups in total. The van der Waals surface area contributed by atoms with Crippen molar-refractivity contribution in [3.63, 3.8) is 0 Å². The number of nitrogens with zero attached hydrogens (tertiary/aromatic N) is 2. The molecule has 23 heavy (non-hydrogen) atoms. The van der Waals surface area contributed by atoms with E-state index in [4.69, 9.17) is 4.74 Å². The monoisotopic (exact) mass is 346 g/mol. The number of likely N-dealkylation sites (tertiary alicyclic amines) is 1. The number of amides is 1. The molecular formula is C16H30N2O4S. The van der Waals surface area contributed by atoms with Crippen LogP contribution in [0.25, 0.3) is 0 Å². The molecule has 1 fully saturated rings. The molecule has 7 heteroatoms. The second-order valence-electron chi connectivity index (χ2n) is 7.37. The fraction of sp³-hybridized carbons (Fsp3) is 0.875. The molecule has 0 aromatic heterocycles. The van der Waals surface area contributed by atoms with E-state index in [1.54, 1.807) is 16.7 Å². The van der Waals surface area contributed by atoms with Crippen molar-refractivity contribution in [3.05, 3.63) is 0 Å². The van der Waals surface area contributed by atoms with Gasteiger partial charge in [-0.1, -0.05) is 0 Å². The molecule has 0 aromatic rings. The van der Waals surface area contributed by atoms with Gasteiger partial charge in [-0.15, -0.1) is 0 Å². The molecule has 6 nitrogen and oxygen atoms in total. The van der Waals surface area contributed by atoms with Crippen LogP contribution in [0.2, 0.25) is 0 Å². The summed E-state index contributed by atoms with van der Waals surface area (Å²) < 4.78 is 5.36. The maximum atomic E-state index is 12.1. The Balaban J connectivity index is 2.73. The SMILES string of the molecule is CSCCC(C)N(C)C1(CC(=O)O)CN(C(=O)OC(C)(C)C)C1. The van der Waals surface area contributed by atoms with Crippen LogP contribution < -0.4 is 0 Å².